The van der Waals surface area contributed by atoms with Crippen LogP contribution in [0, 0.1) is 18.8 Å². The average Bonchev–Trinajstić information content (AvgIpc) is 3.35. The van der Waals surface area contributed by atoms with Crippen LogP contribution in [0.1, 0.15) is 31.2 Å². The molecule has 0 bridgehead atoms. The molecule has 0 unspecified atom stereocenters. The van der Waals surface area contributed by atoms with Crippen LogP contribution in [0.3, 0.4) is 0 Å². The van der Waals surface area contributed by atoms with Crippen LogP contribution in [0.15, 0.2) is 18.2 Å². The second-order valence-corrected chi connectivity index (χ2v) is 7.91. The number of aromatic nitrogens is 1. The first kappa shape index (κ1) is 15.6. The number of carbonyl (C=O) groups is 2. The third kappa shape index (κ3) is 3.15. The summed E-state index contributed by atoms with van der Waals surface area (Å²) in [6.07, 6.45) is 3.76. The van der Waals surface area contributed by atoms with Gasteiger partial charge < -0.3 is 10.2 Å². The molecule has 1 saturated carbocycles. The van der Waals surface area contributed by atoms with Gasteiger partial charge >= 0.3 is 0 Å². The molecule has 4 rings (SSSR count). The molecule has 2 heterocycles. The Morgan fingerprint density at radius 1 is 1.25 bits per heavy atom. The molecular formula is C18H21N3O2S. The molecule has 2 aliphatic rings. The molecule has 1 aromatic heterocycles. The number of likely N-dealkylation sites (tertiary alicyclic amines) is 1. The van der Waals surface area contributed by atoms with Crippen LogP contribution in [0.25, 0.3) is 10.2 Å². The number of rotatable bonds is 3. The van der Waals surface area contributed by atoms with E-state index < -0.39 is 0 Å². The number of thiazole rings is 1. The van der Waals surface area contributed by atoms with Gasteiger partial charge in [0.25, 0.3) is 0 Å². The maximum Gasteiger partial charge on any atom is 0.231 e. The van der Waals surface area contributed by atoms with Gasteiger partial charge in [0, 0.05) is 19.0 Å². The Balaban J connectivity index is 1.43. The number of benzene rings is 1. The van der Waals surface area contributed by atoms with Crippen molar-refractivity contribution in [1.29, 1.82) is 0 Å². The number of nitrogens with one attached hydrogen (secondary N) is 1. The summed E-state index contributed by atoms with van der Waals surface area (Å²) in [5.74, 6) is 0.316. The number of hydrogen-bond donors (Lipinski definition) is 1. The van der Waals surface area contributed by atoms with Crippen LogP contribution < -0.4 is 5.32 Å². The second kappa shape index (κ2) is 6.16. The molecule has 1 aromatic carbocycles. The number of fused-ring (bicyclic) bond motifs is 1. The zero-order valence-corrected chi connectivity index (χ0v) is 14.6. The molecular weight excluding hydrogens is 322 g/mol. The number of amides is 2. The van der Waals surface area contributed by atoms with Crippen molar-refractivity contribution in [1.82, 2.24) is 9.88 Å². The molecule has 5 nitrogen and oxygen atoms in total. The van der Waals surface area contributed by atoms with Crippen molar-refractivity contribution in [2.45, 2.75) is 32.6 Å². The van der Waals surface area contributed by atoms with Gasteiger partial charge in [0.2, 0.25) is 11.8 Å². The van der Waals surface area contributed by atoms with Gasteiger partial charge in [0.15, 0.2) is 5.13 Å². The molecule has 1 N–H and O–H groups in total. The normalized spacial score (nSPS) is 21.0. The van der Waals surface area contributed by atoms with Crippen molar-refractivity contribution in [3.63, 3.8) is 0 Å². The van der Waals surface area contributed by atoms with Crippen molar-refractivity contribution in [3.8, 4) is 0 Å². The molecule has 24 heavy (non-hydrogen) atoms. The van der Waals surface area contributed by atoms with Crippen LogP contribution >= 0.6 is 11.3 Å². The summed E-state index contributed by atoms with van der Waals surface area (Å²) < 4.78 is 1.08. The molecule has 2 aromatic rings. The van der Waals surface area contributed by atoms with Gasteiger partial charge in [-0.05, 0) is 50.3 Å². The average molecular weight is 343 g/mol. The predicted molar refractivity (Wildman–Crippen MR) is 95.0 cm³/mol. The minimum atomic E-state index is -0.129. The third-order valence-corrected chi connectivity index (χ3v) is 5.74. The van der Waals surface area contributed by atoms with Crippen LogP contribution in [-0.2, 0) is 9.59 Å². The Labute approximate surface area is 145 Å². The topological polar surface area (TPSA) is 62.3 Å². The molecule has 1 saturated heterocycles. The fourth-order valence-electron chi connectivity index (χ4n) is 3.27. The van der Waals surface area contributed by atoms with Crippen molar-refractivity contribution in [3.05, 3.63) is 23.8 Å². The molecule has 126 valence electrons. The monoisotopic (exact) mass is 343 g/mol. The Bertz CT molecular complexity index is 797. The summed E-state index contributed by atoms with van der Waals surface area (Å²) in [6.45, 7) is 3.38. The molecule has 6 heteroatoms. The number of hydrogen-bond acceptors (Lipinski definition) is 4. The van der Waals surface area contributed by atoms with Crippen molar-refractivity contribution in [2.24, 2.45) is 11.8 Å². The summed E-state index contributed by atoms with van der Waals surface area (Å²) in [5.41, 5.74) is 2.10. The highest BCUT2D eigenvalue weighted by Crippen LogP contribution is 2.33. The predicted octanol–water partition coefficient (Wildman–Crippen LogP) is 3.19. The largest absolute Gasteiger partial charge is 0.342 e. The molecule has 2 fully saturated rings. The summed E-state index contributed by atoms with van der Waals surface area (Å²) in [7, 11) is 0. The number of aryl methyl sites for hydroxylation is 1. The first-order chi connectivity index (χ1) is 11.6. The van der Waals surface area contributed by atoms with E-state index in [0.717, 1.165) is 42.4 Å². The summed E-state index contributed by atoms with van der Waals surface area (Å²) in [4.78, 5) is 31.2. The maximum absolute atomic E-state index is 12.6. The van der Waals surface area contributed by atoms with E-state index in [-0.39, 0.29) is 23.7 Å². The molecule has 1 atom stereocenters. The summed E-state index contributed by atoms with van der Waals surface area (Å²) in [6, 6.07) is 6.09. The minimum absolute atomic E-state index is 0.0147. The van der Waals surface area contributed by atoms with Gasteiger partial charge in [0.05, 0.1) is 16.1 Å². The van der Waals surface area contributed by atoms with Crippen molar-refractivity contribution < 1.29 is 9.59 Å². The Hall–Kier alpha value is -1.95. The standard InChI is InChI=1S/C18H21N3O2S/c1-11-4-7-14-15(9-11)24-18(19-14)20-16(22)13-3-2-8-21(10-13)17(23)12-5-6-12/h4,7,9,12-13H,2-3,5-6,8,10H2,1H3,(H,19,20,22)/t13-/m0/s1. The lowest BCUT2D eigenvalue weighted by Crippen LogP contribution is -2.44. The molecule has 0 radical (unpaired) electrons. The molecule has 0 spiro atoms. The van der Waals surface area contributed by atoms with E-state index in [4.69, 9.17) is 0 Å². The SMILES string of the molecule is Cc1ccc2nc(NC(=O)[C@H]3CCCN(C(=O)C4CC4)C3)sc2c1. The van der Waals surface area contributed by atoms with Crippen molar-refractivity contribution in [2.75, 3.05) is 18.4 Å². The van der Waals surface area contributed by atoms with Crippen LogP contribution in [-0.4, -0.2) is 34.8 Å². The number of anilines is 1. The van der Waals surface area contributed by atoms with Crippen LogP contribution in [0.5, 0.6) is 0 Å². The first-order valence-electron chi connectivity index (χ1n) is 8.57. The quantitative estimate of drug-likeness (QED) is 0.931. The Kier molecular flexibility index (Phi) is 4.00. The Morgan fingerprint density at radius 3 is 2.88 bits per heavy atom. The van der Waals surface area contributed by atoms with Gasteiger partial charge in [-0.3, -0.25) is 9.59 Å². The van der Waals surface area contributed by atoms with E-state index in [2.05, 4.69) is 16.4 Å². The highest BCUT2D eigenvalue weighted by atomic mass is 32.1. The fourth-order valence-corrected chi connectivity index (χ4v) is 4.24. The maximum atomic E-state index is 12.6. The van der Waals surface area contributed by atoms with Crippen LogP contribution in [0.2, 0.25) is 0 Å². The van der Waals surface area contributed by atoms with E-state index in [0.29, 0.717) is 11.7 Å². The zero-order valence-electron chi connectivity index (χ0n) is 13.7. The van der Waals surface area contributed by atoms with E-state index in [1.54, 1.807) is 0 Å². The van der Waals surface area contributed by atoms with Crippen LogP contribution in [0.4, 0.5) is 5.13 Å². The number of carbonyl (C=O) groups excluding carboxylic acids is 2. The minimum Gasteiger partial charge on any atom is -0.342 e. The third-order valence-electron chi connectivity index (χ3n) is 4.80. The van der Waals surface area contributed by atoms with Crippen molar-refractivity contribution >= 4 is 38.5 Å². The lowest BCUT2D eigenvalue weighted by molar-refractivity contribution is -0.135. The molecule has 1 aliphatic carbocycles. The van der Waals surface area contributed by atoms with Gasteiger partial charge in [-0.25, -0.2) is 4.98 Å². The zero-order chi connectivity index (χ0) is 16.7. The van der Waals surface area contributed by atoms with E-state index >= 15 is 0 Å². The molecule has 1 aliphatic heterocycles. The number of nitrogens with zero attached hydrogens (tertiary/aromatic N) is 2. The van der Waals surface area contributed by atoms with E-state index in [9.17, 15) is 9.59 Å². The van der Waals surface area contributed by atoms with Gasteiger partial charge in [-0.1, -0.05) is 17.4 Å². The second-order valence-electron chi connectivity index (χ2n) is 6.88. The Morgan fingerprint density at radius 2 is 2.08 bits per heavy atom. The number of piperidine rings is 1. The highest BCUT2D eigenvalue weighted by molar-refractivity contribution is 7.22. The van der Waals surface area contributed by atoms with E-state index in [1.807, 2.05) is 24.0 Å². The summed E-state index contributed by atoms with van der Waals surface area (Å²) in [5, 5.41) is 3.60. The fraction of sp³-hybridized carbons (Fsp3) is 0.500. The first-order valence-corrected chi connectivity index (χ1v) is 9.38. The van der Waals surface area contributed by atoms with E-state index in [1.165, 1.54) is 16.9 Å². The lowest BCUT2D eigenvalue weighted by Gasteiger charge is -2.32. The molecule has 2 amide bonds. The highest BCUT2D eigenvalue weighted by Gasteiger charge is 2.36. The van der Waals surface area contributed by atoms with Gasteiger partial charge in [-0.15, -0.1) is 0 Å². The summed E-state index contributed by atoms with van der Waals surface area (Å²) >= 11 is 1.50. The smallest absolute Gasteiger partial charge is 0.231 e. The van der Waals surface area contributed by atoms with Gasteiger partial charge in [0.1, 0.15) is 0 Å². The van der Waals surface area contributed by atoms with Gasteiger partial charge in [-0.2, -0.15) is 0 Å². The lowest BCUT2D eigenvalue weighted by atomic mass is 9.97.